The normalized spacial score (nSPS) is 21.1. The van der Waals surface area contributed by atoms with E-state index in [1.165, 1.54) is 9.47 Å². The zero-order valence-corrected chi connectivity index (χ0v) is 15.5. The predicted molar refractivity (Wildman–Crippen MR) is 98.6 cm³/mol. The van der Waals surface area contributed by atoms with E-state index < -0.39 is 23.9 Å². The fraction of sp³-hybridized carbons (Fsp3) is 0.500. The molecular formula is C18H22FN5O3. The van der Waals surface area contributed by atoms with Crippen molar-refractivity contribution >= 4 is 28.2 Å². The molecule has 1 aliphatic heterocycles. The molecule has 3 aromatic heterocycles. The fourth-order valence-corrected chi connectivity index (χ4v) is 3.61. The highest BCUT2D eigenvalue weighted by Gasteiger charge is 2.36. The molecule has 0 aromatic carbocycles. The van der Waals surface area contributed by atoms with Crippen LogP contribution in [0.15, 0.2) is 23.3 Å². The zero-order valence-electron chi connectivity index (χ0n) is 15.5. The number of carbonyl (C=O) groups is 1. The highest BCUT2D eigenvalue weighted by Crippen LogP contribution is 2.30. The van der Waals surface area contributed by atoms with E-state index in [9.17, 15) is 9.59 Å². The lowest BCUT2D eigenvalue weighted by Gasteiger charge is -2.36. The van der Waals surface area contributed by atoms with Gasteiger partial charge in [-0.15, -0.1) is 0 Å². The van der Waals surface area contributed by atoms with Crippen LogP contribution in [0.25, 0.3) is 22.1 Å². The molecule has 3 aromatic rings. The number of ether oxygens (including phenoxy) is 1. The van der Waals surface area contributed by atoms with Crippen LogP contribution in [0.2, 0.25) is 0 Å². The van der Waals surface area contributed by atoms with Gasteiger partial charge in [-0.3, -0.25) is 4.57 Å². The van der Waals surface area contributed by atoms with E-state index in [0.29, 0.717) is 29.6 Å². The number of H-pyrrole nitrogens is 2. The van der Waals surface area contributed by atoms with Crippen molar-refractivity contribution in [3.05, 3.63) is 28.9 Å². The Labute approximate surface area is 154 Å². The van der Waals surface area contributed by atoms with Crippen molar-refractivity contribution < 1.29 is 13.9 Å². The monoisotopic (exact) mass is 375 g/mol. The molecule has 1 aliphatic rings. The first-order valence-electron chi connectivity index (χ1n) is 8.93. The summed E-state index contributed by atoms with van der Waals surface area (Å²) >= 11 is 0. The smallest absolute Gasteiger partial charge is 0.410 e. The van der Waals surface area contributed by atoms with Crippen LogP contribution in [0.3, 0.4) is 0 Å². The van der Waals surface area contributed by atoms with Gasteiger partial charge in [-0.1, -0.05) is 0 Å². The third kappa shape index (κ3) is 3.07. The summed E-state index contributed by atoms with van der Waals surface area (Å²) in [6.45, 7) is 5.52. The molecule has 4 rings (SSSR count). The largest absolute Gasteiger partial charge is 0.444 e. The Morgan fingerprint density at radius 2 is 2.19 bits per heavy atom. The van der Waals surface area contributed by atoms with Crippen LogP contribution in [-0.4, -0.2) is 55.4 Å². The van der Waals surface area contributed by atoms with Crippen LogP contribution < -0.4 is 5.69 Å². The third-order valence-corrected chi connectivity index (χ3v) is 4.75. The topological polar surface area (TPSA) is 96.0 Å². The van der Waals surface area contributed by atoms with Gasteiger partial charge >= 0.3 is 11.8 Å². The van der Waals surface area contributed by atoms with Gasteiger partial charge in [0.25, 0.3) is 0 Å². The van der Waals surface area contributed by atoms with Crippen molar-refractivity contribution in [1.29, 1.82) is 0 Å². The lowest BCUT2D eigenvalue weighted by atomic mass is 10.0. The molecule has 1 saturated heterocycles. The molecule has 0 spiro atoms. The summed E-state index contributed by atoms with van der Waals surface area (Å²) < 4.78 is 21.8. The van der Waals surface area contributed by atoms with Gasteiger partial charge in [-0.05, 0) is 33.3 Å². The van der Waals surface area contributed by atoms with E-state index in [1.807, 2.05) is 6.07 Å². The number of fused-ring (bicyclic) bond motifs is 3. The summed E-state index contributed by atoms with van der Waals surface area (Å²) in [6, 6.07) is 1.16. The first-order chi connectivity index (χ1) is 12.7. The van der Waals surface area contributed by atoms with Crippen LogP contribution >= 0.6 is 0 Å². The van der Waals surface area contributed by atoms with Crippen molar-refractivity contribution in [2.24, 2.45) is 0 Å². The second-order valence-electron chi connectivity index (χ2n) is 7.86. The molecular weight excluding hydrogens is 353 g/mol. The molecule has 8 nitrogen and oxygen atoms in total. The van der Waals surface area contributed by atoms with Crippen molar-refractivity contribution in [2.45, 2.75) is 45.0 Å². The molecule has 1 fully saturated rings. The molecule has 9 heteroatoms. The number of imidazole rings is 1. The number of aromatic amines is 2. The Morgan fingerprint density at radius 1 is 1.41 bits per heavy atom. The maximum Gasteiger partial charge on any atom is 0.410 e. The molecule has 0 bridgehead atoms. The number of likely N-dealkylation sites (tertiary alicyclic amines) is 1. The number of amides is 1. The summed E-state index contributed by atoms with van der Waals surface area (Å²) in [5.41, 5.74) is 0.814. The van der Waals surface area contributed by atoms with E-state index in [0.717, 1.165) is 5.39 Å². The van der Waals surface area contributed by atoms with Gasteiger partial charge in [0.1, 0.15) is 17.4 Å². The number of nitrogens with zero attached hydrogens (tertiary/aromatic N) is 3. The van der Waals surface area contributed by atoms with Gasteiger partial charge in [-0.25, -0.2) is 19.0 Å². The Kier molecular flexibility index (Phi) is 3.97. The number of alkyl halides is 1. The van der Waals surface area contributed by atoms with Crippen LogP contribution in [-0.2, 0) is 4.74 Å². The fourth-order valence-electron chi connectivity index (χ4n) is 3.61. The van der Waals surface area contributed by atoms with E-state index in [2.05, 4.69) is 15.0 Å². The molecule has 0 unspecified atom stereocenters. The Morgan fingerprint density at radius 3 is 2.89 bits per heavy atom. The zero-order chi connectivity index (χ0) is 19.3. The van der Waals surface area contributed by atoms with Crippen molar-refractivity contribution in [2.75, 3.05) is 13.1 Å². The molecule has 2 N–H and O–H groups in total. The van der Waals surface area contributed by atoms with Crippen LogP contribution in [0.1, 0.15) is 33.2 Å². The van der Waals surface area contributed by atoms with Gasteiger partial charge in [0.2, 0.25) is 0 Å². The summed E-state index contributed by atoms with van der Waals surface area (Å²) in [5.74, 6) is 0. The molecule has 27 heavy (non-hydrogen) atoms. The second-order valence-corrected chi connectivity index (χ2v) is 7.86. The first kappa shape index (κ1) is 17.6. The number of nitrogens with one attached hydrogen (secondary N) is 2. The number of pyridine rings is 1. The minimum absolute atomic E-state index is 0.111. The average Bonchev–Trinajstić information content (AvgIpc) is 3.16. The molecule has 4 heterocycles. The third-order valence-electron chi connectivity index (χ3n) is 4.75. The molecule has 0 radical (unpaired) electrons. The van der Waals surface area contributed by atoms with E-state index in [4.69, 9.17) is 4.74 Å². The second kappa shape index (κ2) is 6.11. The summed E-state index contributed by atoms with van der Waals surface area (Å²) in [5, 5.41) is 0.757. The van der Waals surface area contributed by atoms with E-state index in [-0.39, 0.29) is 12.2 Å². The number of rotatable bonds is 1. The van der Waals surface area contributed by atoms with Crippen molar-refractivity contribution in [1.82, 2.24) is 24.4 Å². The number of halogens is 1. The highest BCUT2D eigenvalue weighted by atomic mass is 19.1. The minimum atomic E-state index is -1.38. The summed E-state index contributed by atoms with van der Waals surface area (Å²) in [4.78, 5) is 36.1. The number of piperidine rings is 1. The Balaban J connectivity index is 1.66. The summed E-state index contributed by atoms with van der Waals surface area (Å²) in [6.07, 6.45) is 1.70. The van der Waals surface area contributed by atoms with E-state index in [1.54, 1.807) is 33.2 Å². The first-order valence-corrected chi connectivity index (χ1v) is 8.93. The molecule has 0 aliphatic carbocycles. The number of hydrogen-bond acceptors (Lipinski definition) is 4. The molecule has 1 amide bonds. The van der Waals surface area contributed by atoms with Crippen LogP contribution in [0.5, 0.6) is 0 Å². The van der Waals surface area contributed by atoms with Gasteiger partial charge < -0.3 is 19.6 Å². The molecule has 2 atom stereocenters. The van der Waals surface area contributed by atoms with Gasteiger partial charge in [0, 0.05) is 18.1 Å². The Bertz CT molecular complexity index is 1060. The highest BCUT2D eigenvalue weighted by molar-refractivity contribution is 6.00. The Hall–Kier alpha value is -2.84. The molecule has 144 valence electrons. The average molecular weight is 375 g/mol. The lowest BCUT2D eigenvalue weighted by molar-refractivity contribution is 0.00685. The number of hydrogen-bond donors (Lipinski definition) is 2. The SMILES string of the molecule is CC(C)(C)OC(=O)N1CC[C@@H](n2c(=O)[nH]c3cnc4[nH]ccc4c32)[C@@H](F)C1. The van der Waals surface area contributed by atoms with Crippen LogP contribution in [0, 0.1) is 0 Å². The number of carbonyl (C=O) groups excluding carboxylic acids is 1. The van der Waals surface area contributed by atoms with Crippen molar-refractivity contribution in [3.63, 3.8) is 0 Å². The maximum atomic E-state index is 15.0. The standard InChI is InChI=1S/C18H22FN5O3/c1-18(2,3)27-17(26)23-7-5-13(11(19)9-23)24-14-10-4-6-20-15(10)21-8-12(14)22-16(24)25/h4,6,8,11,13H,5,7,9H2,1-3H3,(H,20,21)(H,22,25)/t11-,13+/m0/s1. The summed E-state index contributed by atoms with van der Waals surface area (Å²) in [7, 11) is 0. The van der Waals surface area contributed by atoms with Gasteiger partial charge in [-0.2, -0.15) is 0 Å². The maximum absolute atomic E-state index is 15.0. The van der Waals surface area contributed by atoms with Crippen LogP contribution in [0.4, 0.5) is 9.18 Å². The number of aromatic nitrogens is 4. The quantitative estimate of drug-likeness (QED) is 0.684. The van der Waals surface area contributed by atoms with Gasteiger partial charge in [0.15, 0.2) is 0 Å². The predicted octanol–water partition coefficient (Wildman–Crippen LogP) is 2.73. The minimum Gasteiger partial charge on any atom is -0.444 e. The molecule has 0 saturated carbocycles. The van der Waals surface area contributed by atoms with Gasteiger partial charge in [0.05, 0.1) is 29.8 Å². The lowest BCUT2D eigenvalue weighted by Crippen LogP contribution is -2.48. The van der Waals surface area contributed by atoms with E-state index >= 15 is 4.39 Å². The van der Waals surface area contributed by atoms with Crippen molar-refractivity contribution in [3.8, 4) is 0 Å².